The number of rotatable bonds is 10. The van der Waals surface area contributed by atoms with E-state index >= 15 is 0 Å². The molecular formula is C70H48N2. The summed E-state index contributed by atoms with van der Waals surface area (Å²) in [7, 11) is 0. The van der Waals surface area contributed by atoms with Crippen LogP contribution in [0.1, 0.15) is 0 Å². The summed E-state index contributed by atoms with van der Waals surface area (Å²) in [6.45, 7) is 0. The number of hydrogen-bond donors (Lipinski definition) is 0. The van der Waals surface area contributed by atoms with Crippen molar-refractivity contribution in [2.75, 3.05) is 4.90 Å². The molecule has 338 valence electrons. The van der Waals surface area contributed by atoms with Crippen LogP contribution in [-0.2, 0) is 0 Å². The summed E-state index contributed by atoms with van der Waals surface area (Å²) in [5, 5.41) is 4.94. The molecule has 0 saturated carbocycles. The van der Waals surface area contributed by atoms with Crippen LogP contribution in [0.5, 0.6) is 0 Å². The van der Waals surface area contributed by atoms with E-state index in [-0.39, 0.29) is 0 Å². The summed E-state index contributed by atoms with van der Waals surface area (Å²) in [4.78, 5) is 2.42. The molecule has 13 rings (SSSR count). The third kappa shape index (κ3) is 7.63. The van der Waals surface area contributed by atoms with E-state index in [0.717, 1.165) is 33.9 Å². The highest BCUT2D eigenvalue weighted by Crippen LogP contribution is 2.46. The largest absolute Gasteiger partial charge is 0.310 e. The van der Waals surface area contributed by atoms with E-state index in [4.69, 9.17) is 0 Å². The summed E-state index contributed by atoms with van der Waals surface area (Å²) in [5.41, 5.74) is 21.0. The van der Waals surface area contributed by atoms with Crippen molar-refractivity contribution in [3.05, 3.63) is 291 Å². The Kier molecular flexibility index (Phi) is 10.9. The molecule has 0 unspecified atom stereocenters. The third-order valence-corrected chi connectivity index (χ3v) is 14.2. The van der Waals surface area contributed by atoms with Gasteiger partial charge in [-0.15, -0.1) is 0 Å². The molecule has 1 heterocycles. The molecule has 0 bridgehead atoms. The lowest BCUT2D eigenvalue weighted by atomic mass is 9.84. The van der Waals surface area contributed by atoms with Gasteiger partial charge in [0.25, 0.3) is 0 Å². The third-order valence-electron chi connectivity index (χ3n) is 14.2. The molecular weight excluding hydrogens is 869 g/mol. The Labute approximate surface area is 420 Å². The first kappa shape index (κ1) is 42.6. The lowest BCUT2D eigenvalue weighted by Gasteiger charge is -2.27. The van der Waals surface area contributed by atoms with Gasteiger partial charge in [0.05, 0.1) is 11.0 Å². The van der Waals surface area contributed by atoms with Crippen LogP contribution in [0.4, 0.5) is 17.1 Å². The van der Waals surface area contributed by atoms with Gasteiger partial charge in [0.15, 0.2) is 0 Å². The molecule has 0 saturated heterocycles. The zero-order valence-corrected chi connectivity index (χ0v) is 39.6. The van der Waals surface area contributed by atoms with E-state index in [9.17, 15) is 0 Å². The van der Waals surface area contributed by atoms with Crippen LogP contribution in [0.2, 0.25) is 0 Å². The van der Waals surface area contributed by atoms with Crippen molar-refractivity contribution in [2.45, 2.75) is 0 Å². The Bertz CT molecular complexity index is 4070. The number of anilines is 3. The highest BCUT2D eigenvalue weighted by atomic mass is 15.1. The number of para-hydroxylation sites is 2. The van der Waals surface area contributed by atoms with Crippen LogP contribution >= 0.6 is 0 Å². The first-order valence-electron chi connectivity index (χ1n) is 24.8. The van der Waals surface area contributed by atoms with Gasteiger partial charge in [-0.05, 0) is 138 Å². The van der Waals surface area contributed by atoms with Crippen LogP contribution in [0.3, 0.4) is 0 Å². The minimum atomic E-state index is 1.07. The van der Waals surface area contributed by atoms with E-state index in [1.54, 1.807) is 0 Å². The molecule has 0 aliphatic rings. The highest BCUT2D eigenvalue weighted by Gasteiger charge is 2.21. The van der Waals surface area contributed by atoms with Gasteiger partial charge in [0, 0.05) is 33.5 Å². The molecule has 0 spiro atoms. The number of nitrogens with zero attached hydrogens (tertiary/aromatic N) is 2. The van der Waals surface area contributed by atoms with Crippen LogP contribution in [-0.4, -0.2) is 4.57 Å². The maximum absolute atomic E-state index is 2.42. The molecule has 13 aromatic rings. The minimum Gasteiger partial charge on any atom is -0.310 e. The molecule has 0 fully saturated rings. The van der Waals surface area contributed by atoms with E-state index < -0.39 is 0 Å². The van der Waals surface area contributed by atoms with E-state index in [1.165, 1.54) is 88.2 Å². The number of aromatic nitrogens is 1. The Morgan fingerprint density at radius 1 is 0.250 bits per heavy atom. The monoisotopic (exact) mass is 916 g/mol. The lowest BCUT2D eigenvalue weighted by Crippen LogP contribution is -2.10. The lowest BCUT2D eigenvalue weighted by molar-refractivity contribution is 1.18. The second-order valence-corrected chi connectivity index (χ2v) is 18.4. The molecule has 0 N–H and O–H groups in total. The first-order valence-corrected chi connectivity index (χ1v) is 24.8. The molecule has 1 aromatic heterocycles. The van der Waals surface area contributed by atoms with E-state index in [0.29, 0.717) is 0 Å². The topological polar surface area (TPSA) is 8.17 Å². The van der Waals surface area contributed by atoms with Crippen LogP contribution in [0, 0.1) is 0 Å². The second kappa shape index (κ2) is 18.4. The summed E-state index contributed by atoms with van der Waals surface area (Å²) in [6, 6.07) is 106. The van der Waals surface area contributed by atoms with Gasteiger partial charge in [0.2, 0.25) is 0 Å². The molecule has 0 aliphatic heterocycles. The summed E-state index contributed by atoms with van der Waals surface area (Å²) >= 11 is 0. The zero-order chi connectivity index (χ0) is 47.8. The molecule has 2 nitrogen and oxygen atoms in total. The van der Waals surface area contributed by atoms with Crippen molar-refractivity contribution in [3.8, 4) is 72.4 Å². The van der Waals surface area contributed by atoms with Crippen molar-refractivity contribution < 1.29 is 0 Å². The Morgan fingerprint density at radius 3 is 1.40 bits per heavy atom. The highest BCUT2D eigenvalue weighted by molar-refractivity contribution is 6.16. The number of fused-ring (bicyclic) bond motifs is 4. The maximum atomic E-state index is 2.42. The fourth-order valence-electron chi connectivity index (χ4n) is 11.0. The van der Waals surface area contributed by atoms with Crippen molar-refractivity contribution in [2.24, 2.45) is 0 Å². The van der Waals surface area contributed by atoms with Crippen LogP contribution in [0.25, 0.3) is 105 Å². The molecule has 0 aliphatic carbocycles. The fraction of sp³-hybridized carbons (Fsp3) is 0. The van der Waals surface area contributed by atoms with Gasteiger partial charge in [-0.1, -0.05) is 231 Å². The molecule has 2 heteroatoms. The predicted molar refractivity (Wildman–Crippen MR) is 306 cm³/mol. The summed E-state index contributed by atoms with van der Waals surface area (Å²) in [6.07, 6.45) is 0. The minimum absolute atomic E-state index is 1.07. The predicted octanol–water partition coefficient (Wildman–Crippen LogP) is 19.4. The van der Waals surface area contributed by atoms with Crippen molar-refractivity contribution >= 4 is 49.6 Å². The quantitative estimate of drug-likeness (QED) is 0.133. The number of benzene rings is 12. The maximum Gasteiger partial charge on any atom is 0.0547 e. The SMILES string of the molecule is c1ccc(-c2ccccc2-c2c(-c3ccccc3)cccc2-c2ccc(N(c3cccc(-c4cccc5ccccc45)c3)c3cccc(-c4cccc5c4c4ccccc4n5-c4ccccc4)c3)cc2)cc1. The molecule has 0 atom stereocenters. The summed E-state index contributed by atoms with van der Waals surface area (Å²) in [5.74, 6) is 0. The summed E-state index contributed by atoms with van der Waals surface area (Å²) < 4.78 is 2.39. The van der Waals surface area contributed by atoms with E-state index in [1.807, 2.05) is 0 Å². The van der Waals surface area contributed by atoms with E-state index in [2.05, 4.69) is 301 Å². The number of hydrogen-bond acceptors (Lipinski definition) is 1. The average Bonchev–Trinajstić information content (AvgIpc) is 3.81. The standard InChI is InChI=1S/C70H48N2/c1-4-21-49(22-5-1)60-34-12-13-35-65(60)69-62(51-23-6-2-7-24-51)38-19-39-63(69)52-43-45-56(46-44-52)71(57-31-16-27-53(47-57)61-37-18-26-50-25-10-11-33-59(50)61)58-32-17-28-54(48-58)64-40-20-42-68-70(64)66-36-14-15-41-67(66)72(68)55-29-8-3-9-30-55/h1-48H. The van der Waals surface area contributed by atoms with Gasteiger partial charge in [0.1, 0.15) is 0 Å². The van der Waals surface area contributed by atoms with Gasteiger partial charge >= 0.3 is 0 Å². The Hall–Kier alpha value is -9.50. The van der Waals surface area contributed by atoms with Gasteiger partial charge in [-0.3, -0.25) is 0 Å². The molecule has 0 radical (unpaired) electrons. The zero-order valence-electron chi connectivity index (χ0n) is 39.6. The van der Waals surface area contributed by atoms with Crippen LogP contribution in [0.15, 0.2) is 291 Å². The molecule has 12 aromatic carbocycles. The van der Waals surface area contributed by atoms with Gasteiger partial charge in [-0.25, -0.2) is 0 Å². The smallest absolute Gasteiger partial charge is 0.0547 e. The Balaban J connectivity index is 0.985. The average molecular weight is 917 g/mol. The Morgan fingerprint density at radius 2 is 0.694 bits per heavy atom. The fourth-order valence-corrected chi connectivity index (χ4v) is 11.0. The molecule has 0 amide bonds. The van der Waals surface area contributed by atoms with Crippen molar-refractivity contribution in [1.82, 2.24) is 4.57 Å². The van der Waals surface area contributed by atoms with Crippen molar-refractivity contribution in [3.63, 3.8) is 0 Å². The second-order valence-electron chi connectivity index (χ2n) is 18.4. The van der Waals surface area contributed by atoms with Crippen LogP contribution < -0.4 is 4.90 Å². The van der Waals surface area contributed by atoms with Gasteiger partial charge < -0.3 is 9.47 Å². The molecule has 72 heavy (non-hydrogen) atoms. The first-order chi connectivity index (χ1) is 35.7. The van der Waals surface area contributed by atoms with Crippen molar-refractivity contribution in [1.29, 1.82) is 0 Å². The normalized spacial score (nSPS) is 11.3. The van der Waals surface area contributed by atoms with Gasteiger partial charge in [-0.2, -0.15) is 0 Å².